The predicted molar refractivity (Wildman–Crippen MR) is 173 cm³/mol. The number of nitro groups is 1. The van der Waals surface area contributed by atoms with Gasteiger partial charge in [0, 0.05) is 32.4 Å². The minimum atomic E-state index is -2.88. The minimum absolute atomic E-state index is 0.00448. The van der Waals surface area contributed by atoms with Crippen molar-refractivity contribution in [2.75, 3.05) is 19.8 Å². The minimum Gasteiger partial charge on any atom is -0.477 e. The quantitative estimate of drug-likeness (QED) is 0.0580. The molecule has 3 saturated heterocycles. The number of carbonyl (C=O) groups is 3. The number of ether oxygens (including phenoxy) is 6. The second-order valence-corrected chi connectivity index (χ2v) is 13.1. The number of hydrogen-bond donors (Lipinski definition) is 12. The molecule has 3 aliphatic rings. The van der Waals surface area contributed by atoms with Crippen LogP contribution in [0.3, 0.4) is 0 Å². The SMILES string of the molecule is CC(=O)NC1C(Oc2ccc([N+](=O)[O-])cc2)OC(CO)C(OC2OC(COC3(C(=O)O)CC(O)C(NC(C)=O)C([C@@H](O)[C@@H](O)CO)O3)C(O)C(O)C2O)C1O. The number of aliphatic hydroxyl groups excluding tert-OH is 9. The molecule has 2 amide bonds. The number of benzene rings is 1. The van der Waals surface area contributed by atoms with E-state index < -0.39 is 147 Å². The number of aliphatic hydroxyl groups is 9. The summed E-state index contributed by atoms with van der Waals surface area (Å²) < 4.78 is 33.9. The molecule has 4 rings (SSSR count). The number of carboxylic acids is 1. The van der Waals surface area contributed by atoms with Crippen molar-refractivity contribution in [3.8, 4) is 5.75 Å². The summed E-state index contributed by atoms with van der Waals surface area (Å²) in [4.78, 5) is 46.8. The van der Waals surface area contributed by atoms with Crippen LogP contribution in [0.2, 0.25) is 0 Å². The van der Waals surface area contributed by atoms with Crippen LogP contribution in [0.1, 0.15) is 20.3 Å². The summed E-state index contributed by atoms with van der Waals surface area (Å²) in [5, 5.41) is 121. The van der Waals surface area contributed by atoms with Crippen molar-refractivity contribution in [3.63, 3.8) is 0 Å². The zero-order valence-electron chi connectivity index (χ0n) is 29.2. The van der Waals surface area contributed by atoms with Gasteiger partial charge in [0.2, 0.25) is 18.1 Å². The monoisotopic (exact) mass is 795 g/mol. The van der Waals surface area contributed by atoms with Crippen LogP contribution in [0.25, 0.3) is 0 Å². The van der Waals surface area contributed by atoms with Crippen molar-refractivity contribution in [1.82, 2.24) is 10.6 Å². The summed E-state index contributed by atoms with van der Waals surface area (Å²) >= 11 is 0. The number of carbonyl (C=O) groups excluding carboxylic acids is 2. The van der Waals surface area contributed by atoms with Crippen molar-refractivity contribution >= 4 is 23.5 Å². The molecule has 0 bridgehead atoms. The standard InChI is InChI=1S/C31H45N3O21/c1-11(37)32-19-15(39)7-31(30(46)47,55-27(19)21(41)16(40)8-35)50-10-18-22(42)24(44)25(45)29(53-18)54-26-17(9-36)52-28(20(23(26)43)33-12(2)38)51-14-5-3-13(4-6-14)34(48)49/h3-6,15-29,35-36,39-45H,7-10H2,1-2H3,(H,32,37)(H,33,38)(H,46,47)/t15?,16-,17?,18?,19?,20?,21-,22?,23?,24?,25?,26?,27?,28?,29?,31?/m0/s1. The Balaban J connectivity index is 1.54. The first-order valence-electron chi connectivity index (χ1n) is 16.8. The normalized spacial score (nSPS) is 37.6. The van der Waals surface area contributed by atoms with Crippen molar-refractivity contribution in [3.05, 3.63) is 34.4 Å². The maximum atomic E-state index is 12.6. The largest absolute Gasteiger partial charge is 0.477 e. The highest BCUT2D eigenvalue weighted by Crippen LogP contribution is 2.36. The Morgan fingerprint density at radius 2 is 1.51 bits per heavy atom. The zero-order chi connectivity index (χ0) is 40.9. The maximum Gasteiger partial charge on any atom is 0.364 e. The van der Waals surface area contributed by atoms with Gasteiger partial charge >= 0.3 is 5.97 Å². The van der Waals surface area contributed by atoms with Crippen molar-refractivity contribution in [1.29, 1.82) is 0 Å². The molecule has 3 heterocycles. The molecule has 1 aromatic rings. The van der Waals surface area contributed by atoms with E-state index >= 15 is 0 Å². The topological polar surface area (TPSA) is 376 Å². The average Bonchev–Trinajstić information content (AvgIpc) is 3.13. The van der Waals surface area contributed by atoms with Gasteiger partial charge < -0.3 is 90.1 Å². The second kappa shape index (κ2) is 18.5. The number of carboxylic acid groups (broad SMARTS) is 1. The van der Waals surface area contributed by atoms with Crippen LogP contribution in [-0.4, -0.2) is 191 Å². The molecule has 0 aromatic heterocycles. The summed E-state index contributed by atoms with van der Waals surface area (Å²) in [7, 11) is 0. The Bertz CT molecular complexity index is 1490. The number of amides is 2. The predicted octanol–water partition coefficient (Wildman–Crippen LogP) is -6.08. The molecule has 24 heteroatoms. The average molecular weight is 796 g/mol. The van der Waals surface area contributed by atoms with Crippen LogP contribution in [0, 0.1) is 10.1 Å². The van der Waals surface area contributed by atoms with E-state index in [1.54, 1.807) is 0 Å². The number of aliphatic carboxylic acids is 1. The van der Waals surface area contributed by atoms with Crippen molar-refractivity contribution < 1.29 is 98.8 Å². The zero-order valence-corrected chi connectivity index (χ0v) is 29.2. The maximum absolute atomic E-state index is 12.6. The Hall–Kier alpha value is -3.73. The summed E-state index contributed by atoms with van der Waals surface area (Å²) in [6.07, 6.45) is -25.2. The van der Waals surface area contributed by atoms with Gasteiger partial charge in [-0.2, -0.15) is 0 Å². The first kappa shape index (κ1) is 44.0. The lowest BCUT2D eigenvalue weighted by molar-refractivity contribution is -0.384. The molecule has 310 valence electrons. The Morgan fingerprint density at radius 1 is 0.909 bits per heavy atom. The molecule has 12 N–H and O–H groups in total. The smallest absolute Gasteiger partial charge is 0.364 e. The first-order chi connectivity index (χ1) is 25.8. The van der Waals surface area contributed by atoms with Gasteiger partial charge in [0.05, 0.1) is 36.9 Å². The summed E-state index contributed by atoms with van der Waals surface area (Å²) in [5.74, 6) is -6.20. The molecule has 0 radical (unpaired) electrons. The molecule has 3 aliphatic heterocycles. The molecule has 3 fully saturated rings. The number of rotatable bonds is 15. The third-order valence-corrected chi connectivity index (χ3v) is 9.15. The lowest BCUT2D eigenvalue weighted by Crippen LogP contribution is -2.69. The van der Waals surface area contributed by atoms with E-state index in [1.165, 1.54) is 12.1 Å². The summed E-state index contributed by atoms with van der Waals surface area (Å²) in [6, 6.07) is 1.69. The molecule has 55 heavy (non-hydrogen) atoms. The Kier molecular flexibility index (Phi) is 14.8. The highest BCUT2D eigenvalue weighted by atomic mass is 16.8. The molecular formula is C31H45N3O21. The number of nitrogens with zero attached hydrogens (tertiary/aromatic N) is 1. The third kappa shape index (κ3) is 9.99. The second-order valence-electron chi connectivity index (χ2n) is 13.1. The molecule has 16 atom stereocenters. The van der Waals surface area contributed by atoms with Crippen molar-refractivity contribution in [2.45, 2.75) is 118 Å². The number of hydrogen-bond acceptors (Lipinski definition) is 20. The van der Waals surface area contributed by atoms with E-state index in [2.05, 4.69) is 10.6 Å². The van der Waals surface area contributed by atoms with E-state index in [9.17, 15) is 75.6 Å². The molecule has 0 spiro atoms. The van der Waals surface area contributed by atoms with Gasteiger partial charge in [-0.15, -0.1) is 0 Å². The summed E-state index contributed by atoms with van der Waals surface area (Å²) in [5.41, 5.74) is -0.266. The van der Waals surface area contributed by atoms with Gasteiger partial charge in [-0.1, -0.05) is 0 Å². The van der Waals surface area contributed by atoms with Crippen LogP contribution in [0.15, 0.2) is 24.3 Å². The van der Waals surface area contributed by atoms with E-state index in [1.807, 2.05) is 0 Å². The summed E-state index contributed by atoms with van der Waals surface area (Å²) in [6.45, 7) is -0.786. The van der Waals surface area contributed by atoms with Crippen LogP contribution < -0.4 is 15.4 Å². The van der Waals surface area contributed by atoms with E-state index in [4.69, 9.17) is 28.4 Å². The van der Waals surface area contributed by atoms with E-state index in [0.717, 1.165) is 26.0 Å². The lowest BCUT2D eigenvalue weighted by atomic mass is 9.88. The number of nitrogens with one attached hydrogen (secondary N) is 2. The van der Waals surface area contributed by atoms with Gasteiger partial charge in [-0.05, 0) is 12.1 Å². The van der Waals surface area contributed by atoms with Gasteiger partial charge in [0.1, 0.15) is 72.8 Å². The Labute approximate surface area is 310 Å². The Morgan fingerprint density at radius 3 is 2.05 bits per heavy atom. The van der Waals surface area contributed by atoms with Gasteiger partial charge in [0.15, 0.2) is 6.29 Å². The molecule has 14 unspecified atom stereocenters. The van der Waals surface area contributed by atoms with Crippen molar-refractivity contribution in [2.24, 2.45) is 0 Å². The highest BCUT2D eigenvalue weighted by molar-refractivity contribution is 5.76. The van der Waals surface area contributed by atoms with Gasteiger partial charge in [-0.3, -0.25) is 19.7 Å². The molecule has 0 aliphatic carbocycles. The fourth-order valence-corrected chi connectivity index (χ4v) is 6.32. The van der Waals surface area contributed by atoms with Crippen LogP contribution in [-0.2, 0) is 38.1 Å². The van der Waals surface area contributed by atoms with Crippen LogP contribution >= 0.6 is 0 Å². The highest BCUT2D eigenvalue weighted by Gasteiger charge is 2.57. The molecular weight excluding hydrogens is 750 g/mol. The van der Waals surface area contributed by atoms with Gasteiger partial charge in [0.25, 0.3) is 11.5 Å². The number of nitro benzene ring substituents is 1. The van der Waals surface area contributed by atoms with E-state index in [0.29, 0.717) is 0 Å². The van der Waals surface area contributed by atoms with Crippen LogP contribution in [0.4, 0.5) is 5.69 Å². The van der Waals surface area contributed by atoms with E-state index in [-0.39, 0.29) is 11.4 Å². The van der Waals surface area contributed by atoms with Crippen LogP contribution in [0.5, 0.6) is 5.75 Å². The first-order valence-corrected chi connectivity index (χ1v) is 16.8. The molecule has 1 aromatic carbocycles. The fourth-order valence-electron chi connectivity index (χ4n) is 6.32. The van der Waals surface area contributed by atoms with Gasteiger partial charge in [-0.25, -0.2) is 4.79 Å². The molecule has 24 nitrogen and oxygen atoms in total. The lowest BCUT2D eigenvalue weighted by Gasteiger charge is -2.48. The number of non-ortho nitro benzene ring substituents is 1. The molecule has 0 saturated carbocycles. The fraction of sp³-hybridized carbons (Fsp3) is 0.710. The third-order valence-electron chi connectivity index (χ3n) is 9.15.